The van der Waals surface area contributed by atoms with E-state index in [4.69, 9.17) is 0 Å². The van der Waals surface area contributed by atoms with Crippen LogP contribution < -0.4 is 0 Å². The van der Waals surface area contributed by atoms with Crippen LogP contribution in [0.25, 0.3) is 10.8 Å². The molecule has 0 saturated carbocycles. The lowest BCUT2D eigenvalue weighted by atomic mass is 9.94. The lowest BCUT2D eigenvalue weighted by molar-refractivity contribution is 0.192. The van der Waals surface area contributed by atoms with Gasteiger partial charge in [0.2, 0.25) is 0 Å². The first-order valence-electron chi connectivity index (χ1n) is 8.39. The molecule has 0 fully saturated rings. The van der Waals surface area contributed by atoms with Crippen molar-refractivity contribution in [1.29, 1.82) is 0 Å². The molecular formula is C21H21NO2. The highest BCUT2D eigenvalue weighted by Gasteiger charge is 2.23. The van der Waals surface area contributed by atoms with Crippen LogP contribution in [-0.2, 0) is 13.0 Å². The molecular weight excluding hydrogens is 298 g/mol. The van der Waals surface area contributed by atoms with E-state index in [1.807, 2.05) is 0 Å². The average Bonchev–Trinajstić information content (AvgIpc) is 2.61. The molecule has 0 radical (unpaired) electrons. The zero-order valence-electron chi connectivity index (χ0n) is 13.7. The molecule has 4 rings (SSSR count). The van der Waals surface area contributed by atoms with Crippen LogP contribution in [-0.4, -0.2) is 21.7 Å². The average molecular weight is 319 g/mol. The zero-order valence-corrected chi connectivity index (χ0v) is 13.7. The van der Waals surface area contributed by atoms with Crippen molar-refractivity contribution in [2.24, 2.45) is 0 Å². The Morgan fingerprint density at radius 3 is 2.46 bits per heavy atom. The molecule has 122 valence electrons. The third-order valence-corrected chi connectivity index (χ3v) is 5.16. The van der Waals surface area contributed by atoms with Crippen LogP contribution >= 0.6 is 0 Å². The van der Waals surface area contributed by atoms with Gasteiger partial charge in [0.05, 0.1) is 0 Å². The molecule has 0 bridgehead atoms. The van der Waals surface area contributed by atoms with E-state index in [9.17, 15) is 10.2 Å². The van der Waals surface area contributed by atoms with E-state index in [0.717, 1.165) is 30.6 Å². The van der Waals surface area contributed by atoms with E-state index in [1.54, 1.807) is 12.1 Å². The summed E-state index contributed by atoms with van der Waals surface area (Å²) in [5, 5.41) is 22.0. The number of nitrogens with zero attached hydrogens (tertiary/aromatic N) is 1. The van der Waals surface area contributed by atoms with Gasteiger partial charge >= 0.3 is 0 Å². The maximum atomic E-state index is 9.79. The van der Waals surface area contributed by atoms with E-state index >= 15 is 0 Å². The second kappa shape index (κ2) is 5.84. The summed E-state index contributed by atoms with van der Waals surface area (Å²) >= 11 is 0. The van der Waals surface area contributed by atoms with Crippen LogP contribution in [0, 0.1) is 0 Å². The number of hydrogen-bond acceptors (Lipinski definition) is 3. The van der Waals surface area contributed by atoms with Gasteiger partial charge in [0.15, 0.2) is 11.5 Å². The Morgan fingerprint density at radius 2 is 1.62 bits per heavy atom. The smallest absolute Gasteiger partial charge is 0.157 e. The lowest BCUT2D eigenvalue weighted by Gasteiger charge is -2.34. The highest BCUT2D eigenvalue weighted by atomic mass is 16.3. The fourth-order valence-corrected chi connectivity index (χ4v) is 3.75. The Labute approximate surface area is 141 Å². The molecule has 1 unspecified atom stereocenters. The predicted molar refractivity (Wildman–Crippen MR) is 96.2 cm³/mol. The minimum Gasteiger partial charge on any atom is -0.504 e. The van der Waals surface area contributed by atoms with Gasteiger partial charge in [0.1, 0.15) is 0 Å². The summed E-state index contributed by atoms with van der Waals surface area (Å²) in [6.07, 6.45) is 0.887. The molecule has 0 aliphatic carbocycles. The van der Waals surface area contributed by atoms with Gasteiger partial charge < -0.3 is 10.2 Å². The lowest BCUT2D eigenvalue weighted by Crippen LogP contribution is -2.32. The molecule has 1 aliphatic rings. The molecule has 3 nitrogen and oxygen atoms in total. The summed E-state index contributed by atoms with van der Waals surface area (Å²) in [7, 11) is 0. The Bertz CT molecular complexity index is 898. The molecule has 0 amide bonds. The highest BCUT2D eigenvalue weighted by molar-refractivity contribution is 5.86. The Balaban J connectivity index is 1.67. The Kier molecular flexibility index (Phi) is 3.66. The van der Waals surface area contributed by atoms with Crippen molar-refractivity contribution in [3.63, 3.8) is 0 Å². The summed E-state index contributed by atoms with van der Waals surface area (Å²) in [6.45, 7) is 3.97. The third kappa shape index (κ3) is 2.51. The number of phenolic OH excluding ortho intramolecular Hbond substituents is 2. The van der Waals surface area contributed by atoms with Crippen LogP contribution in [0.1, 0.15) is 29.7 Å². The molecule has 0 aromatic heterocycles. The molecule has 3 aromatic carbocycles. The van der Waals surface area contributed by atoms with Gasteiger partial charge in [0.25, 0.3) is 0 Å². The van der Waals surface area contributed by atoms with Crippen LogP contribution in [0.15, 0.2) is 54.6 Å². The highest BCUT2D eigenvalue weighted by Crippen LogP contribution is 2.35. The first-order valence-corrected chi connectivity index (χ1v) is 8.39. The van der Waals surface area contributed by atoms with Gasteiger partial charge in [-0.3, -0.25) is 4.90 Å². The minimum absolute atomic E-state index is 0.0238. The van der Waals surface area contributed by atoms with E-state index < -0.39 is 0 Å². The SMILES string of the molecule is CC(c1cccc2ccccc12)N1CCc2cc(O)c(O)cc2C1. The molecule has 0 saturated heterocycles. The normalized spacial score (nSPS) is 16.0. The van der Waals surface area contributed by atoms with Crippen LogP contribution in [0.5, 0.6) is 11.5 Å². The van der Waals surface area contributed by atoms with Crippen LogP contribution in [0.2, 0.25) is 0 Å². The maximum Gasteiger partial charge on any atom is 0.157 e. The third-order valence-electron chi connectivity index (χ3n) is 5.16. The van der Waals surface area contributed by atoms with Gasteiger partial charge in [-0.15, -0.1) is 0 Å². The van der Waals surface area contributed by atoms with Gasteiger partial charge in [-0.1, -0.05) is 42.5 Å². The van der Waals surface area contributed by atoms with Crippen LogP contribution in [0.3, 0.4) is 0 Å². The number of phenols is 2. The van der Waals surface area contributed by atoms with E-state index in [1.165, 1.54) is 16.3 Å². The van der Waals surface area contributed by atoms with E-state index in [0.29, 0.717) is 6.04 Å². The Morgan fingerprint density at radius 1 is 0.917 bits per heavy atom. The van der Waals surface area contributed by atoms with Crippen molar-refractivity contribution >= 4 is 10.8 Å². The fourth-order valence-electron chi connectivity index (χ4n) is 3.75. The largest absolute Gasteiger partial charge is 0.504 e. The summed E-state index contributed by atoms with van der Waals surface area (Å²) in [6, 6.07) is 18.7. The molecule has 3 aromatic rings. The topological polar surface area (TPSA) is 43.7 Å². The monoisotopic (exact) mass is 319 g/mol. The van der Waals surface area contributed by atoms with Gasteiger partial charge in [-0.05, 0) is 52.9 Å². The quantitative estimate of drug-likeness (QED) is 0.689. The molecule has 24 heavy (non-hydrogen) atoms. The minimum atomic E-state index is -0.0339. The zero-order chi connectivity index (χ0) is 16.7. The molecule has 1 aliphatic heterocycles. The summed E-state index contributed by atoms with van der Waals surface area (Å²) in [5.41, 5.74) is 3.56. The number of benzene rings is 3. The summed E-state index contributed by atoms with van der Waals surface area (Å²) in [5.74, 6) is -0.0577. The standard InChI is InChI=1S/C21H21NO2/c1-14(18-8-4-6-15-5-2-3-7-19(15)18)22-10-9-16-11-20(23)21(24)12-17(16)13-22/h2-8,11-12,14,23-24H,9-10,13H2,1H3. The number of aromatic hydroxyl groups is 2. The van der Waals surface area contributed by atoms with Gasteiger partial charge in [0, 0.05) is 19.1 Å². The molecule has 0 spiro atoms. The fraction of sp³-hybridized carbons (Fsp3) is 0.238. The molecule has 2 N–H and O–H groups in total. The first kappa shape index (κ1) is 15.0. The molecule has 1 atom stereocenters. The van der Waals surface area contributed by atoms with Gasteiger partial charge in [-0.25, -0.2) is 0 Å². The van der Waals surface area contributed by atoms with Crippen molar-refractivity contribution in [1.82, 2.24) is 4.90 Å². The predicted octanol–water partition coefficient (Wildman–Crippen LogP) is 4.37. The number of rotatable bonds is 2. The van der Waals surface area contributed by atoms with Crippen molar-refractivity contribution in [3.05, 3.63) is 71.3 Å². The molecule has 3 heteroatoms. The second-order valence-corrected chi connectivity index (χ2v) is 6.57. The number of hydrogen-bond donors (Lipinski definition) is 2. The van der Waals surface area contributed by atoms with Crippen molar-refractivity contribution in [2.75, 3.05) is 6.54 Å². The van der Waals surface area contributed by atoms with Crippen molar-refractivity contribution in [2.45, 2.75) is 25.9 Å². The van der Waals surface area contributed by atoms with Crippen LogP contribution in [0.4, 0.5) is 0 Å². The van der Waals surface area contributed by atoms with E-state index in [2.05, 4.69) is 54.3 Å². The summed E-state index contributed by atoms with van der Waals surface area (Å²) in [4.78, 5) is 2.43. The summed E-state index contributed by atoms with van der Waals surface area (Å²) < 4.78 is 0. The number of fused-ring (bicyclic) bond motifs is 2. The van der Waals surface area contributed by atoms with Gasteiger partial charge in [-0.2, -0.15) is 0 Å². The maximum absolute atomic E-state index is 9.79. The van der Waals surface area contributed by atoms with Crippen molar-refractivity contribution in [3.8, 4) is 11.5 Å². The first-order chi connectivity index (χ1) is 11.6. The Hall–Kier alpha value is -2.52. The van der Waals surface area contributed by atoms with E-state index in [-0.39, 0.29) is 11.5 Å². The second-order valence-electron chi connectivity index (χ2n) is 6.57. The van der Waals surface area contributed by atoms with Crippen molar-refractivity contribution < 1.29 is 10.2 Å². The molecule has 1 heterocycles.